The highest BCUT2D eigenvalue weighted by molar-refractivity contribution is 5.89. The first kappa shape index (κ1) is 14.5. The second-order valence-electron chi connectivity index (χ2n) is 5.75. The van der Waals surface area contributed by atoms with Gasteiger partial charge < -0.3 is 0 Å². The summed E-state index contributed by atoms with van der Waals surface area (Å²) < 4.78 is 0. The minimum Gasteiger partial charge on any atom is -0.299 e. The van der Waals surface area contributed by atoms with Crippen molar-refractivity contribution < 1.29 is 4.79 Å². The van der Waals surface area contributed by atoms with Crippen LogP contribution >= 0.6 is 0 Å². The summed E-state index contributed by atoms with van der Waals surface area (Å²) in [6.45, 7) is 4.04. The number of aryl methyl sites for hydroxylation is 1. The highest BCUT2D eigenvalue weighted by Gasteiger charge is 2.28. The topological polar surface area (TPSA) is 17.1 Å². The third kappa shape index (κ3) is 3.57. The molecule has 0 bridgehead atoms. The fourth-order valence-electron chi connectivity index (χ4n) is 2.43. The van der Waals surface area contributed by atoms with Crippen molar-refractivity contribution in [2.75, 3.05) is 0 Å². The summed E-state index contributed by atoms with van der Waals surface area (Å²) in [5.41, 5.74) is 2.01. The second kappa shape index (κ2) is 6.51. The first-order valence-corrected chi connectivity index (χ1v) is 7.23. The molecule has 0 N–H and O–H groups in total. The van der Waals surface area contributed by atoms with Crippen LogP contribution in [0, 0.1) is 0 Å². The molecule has 1 heteroatoms. The summed E-state index contributed by atoms with van der Waals surface area (Å²) in [5.74, 6) is 0.319. The molecule has 0 saturated carbocycles. The smallest absolute Gasteiger partial charge is 0.142 e. The molecule has 0 aliphatic rings. The third-order valence-electron chi connectivity index (χ3n) is 3.90. The van der Waals surface area contributed by atoms with E-state index >= 15 is 0 Å². The van der Waals surface area contributed by atoms with Gasteiger partial charge in [-0.2, -0.15) is 0 Å². The Balaban J connectivity index is 1.91. The molecule has 2 aromatic rings. The van der Waals surface area contributed by atoms with Gasteiger partial charge in [-0.3, -0.25) is 4.79 Å². The summed E-state index contributed by atoms with van der Waals surface area (Å²) in [6.07, 6.45) is 2.52. The molecule has 0 saturated heterocycles. The van der Waals surface area contributed by atoms with Gasteiger partial charge in [0.1, 0.15) is 5.78 Å². The average Bonchev–Trinajstić information content (AvgIpc) is 2.49. The number of ketones is 1. The molecule has 0 aliphatic heterocycles. The van der Waals surface area contributed by atoms with Crippen LogP contribution in [0.5, 0.6) is 0 Å². The van der Waals surface area contributed by atoms with Gasteiger partial charge in [0.05, 0.1) is 0 Å². The highest BCUT2D eigenvalue weighted by Crippen LogP contribution is 2.26. The van der Waals surface area contributed by atoms with Crippen molar-refractivity contribution >= 4 is 5.78 Å². The Labute approximate surface area is 121 Å². The van der Waals surface area contributed by atoms with Crippen LogP contribution in [-0.4, -0.2) is 5.78 Å². The number of rotatable bonds is 6. The van der Waals surface area contributed by atoms with Gasteiger partial charge in [0.25, 0.3) is 0 Å². The molecule has 20 heavy (non-hydrogen) atoms. The summed E-state index contributed by atoms with van der Waals surface area (Å²) in [4.78, 5) is 12.5. The van der Waals surface area contributed by atoms with Gasteiger partial charge in [0, 0.05) is 11.8 Å². The van der Waals surface area contributed by atoms with Crippen LogP contribution in [0.4, 0.5) is 0 Å². The fourth-order valence-corrected chi connectivity index (χ4v) is 2.43. The Kier molecular flexibility index (Phi) is 4.73. The predicted octanol–water partition coefficient (Wildman–Crippen LogP) is 4.56. The maximum Gasteiger partial charge on any atom is 0.142 e. The normalized spacial score (nSPS) is 11.3. The van der Waals surface area contributed by atoms with Gasteiger partial charge in [0.15, 0.2) is 0 Å². The van der Waals surface area contributed by atoms with Crippen LogP contribution in [0.25, 0.3) is 0 Å². The molecule has 0 spiro atoms. The van der Waals surface area contributed by atoms with Gasteiger partial charge in [-0.25, -0.2) is 0 Å². The first-order chi connectivity index (χ1) is 9.60. The van der Waals surface area contributed by atoms with E-state index < -0.39 is 5.41 Å². The van der Waals surface area contributed by atoms with Crippen molar-refractivity contribution in [1.29, 1.82) is 0 Å². The van der Waals surface area contributed by atoms with Crippen molar-refractivity contribution in [3.63, 3.8) is 0 Å². The summed E-state index contributed by atoms with van der Waals surface area (Å²) in [5, 5.41) is 0. The zero-order valence-electron chi connectivity index (χ0n) is 12.3. The third-order valence-corrected chi connectivity index (χ3v) is 3.90. The van der Waals surface area contributed by atoms with Crippen molar-refractivity contribution in [3.8, 4) is 0 Å². The van der Waals surface area contributed by atoms with Crippen molar-refractivity contribution in [1.82, 2.24) is 0 Å². The van der Waals surface area contributed by atoms with Gasteiger partial charge in [-0.15, -0.1) is 0 Å². The molecular weight excluding hydrogens is 244 g/mol. The van der Waals surface area contributed by atoms with Gasteiger partial charge >= 0.3 is 0 Å². The molecular formula is C19H22O. The molecule has 0 heterocycles. The molecule has 0 atom stereocenters. The monoisotopic (exact) mass is 266 g/mol. The van der Waals surface area contributed by atoms with Crippen LogP contribution in [0.15, 0.2) is 60.7 Å². The highest BCUT2D eigenvalue weighted by atomic mass is 16.1. The summed E-state index contributed by atoms with van der Waals surface area (Å²) in [6, 6.07) is 20.4. The minimum atomic E-state index is -0.391. The lowest BCUT2D eigenvalue weighted by atomic mass is 9.79. The van der Waals surface area contributed by atoms with E-state index in [0.717, 1.165) is 18.4 Å². The number of hydrogen-bond donors (Lipinski definition) is 0. The van der Waals surface area contributed by atoms with E-state index in [1.807, 2.05) is 62.4 Å². The van der Waals surface area contributed by atoms with Crippen LogP contribution in [0.1, 0.15) is 37.8 Å². The van der Waals surface area contributed by atoms with Crippen molar-refractivity contribution in [2.24, 2.45) is 0 Å². The molecule has 0 aromatic heterocycles. The van der Waals surface area contributed by atoms with E-state index in [1.54, 1.807) is 0 Å². The maximum atomic E-state index is 12.5. The number of hydrogen-bond acceptors (Lipinski definition) is 1. The van der Waals surface area contributed by atoms with Crippen molar-refractivity contribution in [2.45, 2.75) is 38.5 Å². The number of Topliss-reactive ketones (excluding diaryl/α,β-unsaturated/α-hetero) is 1. The second-order valence-corrected chi connectivity index (χ2v) is 5.75. The van der Waals surface area contributed by atoms with E-state index in [9.17, 15) is 4.79 Å². The molecule has 0 fully saturated rings. The number of carbonyl (C=O) groups is 1. The van der Waals surface area contributed by atoms with E-state index in [0.29, 0.717) is 12.2 Å². The molecule has 104 valence electrons. The molecule has 1 nitrogen and oxygen atoms in total. The van der Waals surface area contributed by atoms with Gasteiger partial charge in [-0.05, 0) is 37.8 Å². The van der Waals surface area contributed by atoms with E-state index in [2.05, 4.69) is 12.1 Å². The Bertz CT molecular complexity index is 540. The zero-order chi connectivity index (χ0) is 14.4. The van der Waals surface area contributed by atoms with Crippen LogP contribution in [0.2, 0.25) is 0 Å². The quantitative estimate of drug-likeness (QED) is 0.749. The SMILES string of the molecule is CC(C)(C(=O)CCCc1ccccc1)c1ccccc1. The molecule has 0 radical (unpaired) electrons. The maximum absolute atomic E-state index is 12.5. The lowest BCUT2D eigenvalue weighted by Crippen LogP contribution is -2.28. The molecule has 0 aliphatic carbocycles. The van der Waals surface area contributed by atoms with Gasteiger partial charge in [-0.1, -0.05) is 60.7 Å². The Morgan fingerprint density at radius 2 is 1.45 bits per heavy atom. The van der Waals surface area contributed by atoms with Gasteiger partial charge in [0.2, 0.25) is 0 Å². The van der Waals surface area contributed by atoms with Crippen LogP contribution < -0.4 is 0 Å². The van der Waals surface area contributed by atoms with Crippen molar-refractivity contribution in [3.05, 3.63) is 71.8 Å². The number of benzene rings is 2. The summed E-state index contributed by atoms with van der Waals surface area (Å²) in [7, 11) is 0. The van der Waals surface area contributed by atoms with E-state index in [1.165, 1.54) is 5.56 Å². The average molecular weight is 266 g/mol. The Morgan fingerprint density at radius 3 is 2.05 bits per heavy atom. The largest absolute Gasteiger partial charge is 0.299 e. The zero-order valence-corrected chi connectivity index (χ0v) is 12.3. The lowest BCUT2D eigenvalue weighted by Gasteiger charge is -2.23. The molecule has 2 rings (SSSR count). The lowest BCUT2D eigenvalue weighted by molar-refractivity contribution is -0.123. The Hall–Kier alpha value is -1.89. The van der Waals surface area contributed by atoms with Crippen LogP contribution in [-0.2, 0) is 16.6 Å². The fraction of sp³-hybridized carbons (Fsp3) is 0.316. The standard InChI is InChI=1S/C19H22O/c1-19(2,17-13-7-4-8-14-17)18(20)15-9-12-16-10-5-3-6-11-16/h3-8,10-11,13-14H,9,12,15H2,1-2H3. The van der Waals surface area contributed by atoms with Crippen LogP contribution in [0.3, 0.4) is 0 Å². The van der Waals surface area contributed by atoms with E-state index in [4.69, 9.17) is 0 Å². The predicted molar refractivity (Wildman–Crippen MR) is 83.9 cm³/mol. The molecule has 2 aromatic carbocycles. The summed E-state index contributed by atoms with van der Waals surface area (Å²) >= 11 is 0. The number of carbonyl (C=O) groups excluding carboxylic acids is 1. The Morgan fingerprint density at radius 1 is 0.900 bits per heavy atom. The molecule has 0 amide bonds. The minimum absolute atomic E-state index is 0.319. The van der Waals surface area contributed by atoms with E-state index in [-0.39, 0.29) is 0 Å². The first-order valence-electron chi connectivity index (χ1n) is 7.23. The molecule has 0 unspecified atom stereocenters.